The van der Waals surface area contributed by atoms with Gasteiger partial charge in [0.2, 0.25) is 0 Å². The van der Waals surface area contributed by atoms with E-state index in [1.807, 2.05) is 22.6 Å². The molecule has 1 unspecified atom stereocenters. The molecule has 0 saturated carbocycles. The number of hydrogen-bond acceptors (Lipinski definition) is 2. The summed E-state index contributed by atoms with van der Waals surface area (Å²) in [6, 6.07) is 4.44. The summed E-state index contributed by atoms with van der Waals surface area (Å²) < 4.78 is 29.2. The lowest BCUT2D eigenvalue weighted by Gasteiger charge is -2.11. The minimum Gasteiger partial charge on any atom is -0.434 e. The van der Waals surface area contributed by atoms with E-state index < -0.39 is 17.8 Å². The fourth-order valence-corrected chi connectivity index (χ4v) is 1.69. The van der Waals surface area contributed by atoms with Gasteiger partial charge in [-0.25, -0.2) is 0 Å². The van der Waals surface area contributed by atoms with E-state index in [0.29, 0.717) is 3.57 Å². The van der Waals surface area contributed by atoms with Crippen LogP contribution in [0.4, 0.5) is 8.78 Å². The van der Waals surface area contributed by atoms with Crippen LogP contribution in [0.1, 0.15) is 17.3 Å². The van der Waals surface area contributed by atoms with Crippen LogP contribution in [0.5, 0.6) is 5.75 Å². The van der Waals surface area contributed by atoms with Crippen molar-refractivity contribution in [2.24, 2.45) is 0 Å². The highest BCUT2D eigenvalue weighted by molar-refractivity contribution is 14.1. The van der Waals surface area contributed by atoms with Crippen molar-refractivity contribution >= 4 is 40.0 Å². The summed E-state index contributed by atoms with van der Waals surface area (Å²) in [6.45, 7) is -1.48. The molecule has 0 N–H and O–H groups in total. The van der Waals surface area contributed by atoms with Crippen molar-refractivity contribution < 1.29 is 18.3 Å². The fraction of sp³-hybridized carbons (Fsp3) is 0.300. The fourth-order valence-electron chi connectivity index (χ4n) is 1.11. The predicted molar refractivity (Wildman–Crippen MR) is 65.4 cm³/mol. The molecule has 0 aliphatic rings. The molecule has 1 rings (SSSR count). The van der Waals surface area contributed by atoms with Gasteiger partial charge in [-0.15, -0.1) is 11.6 Å². The van der Waals surface area contributed by atoms with E-state index in [-0.39, 0.29) is 11.3 Å². The van der Waals surface area contributed by atoms with Crippen molar-refractivity contribution in [3.05, 3.63) is 27.3 Å². The van der Waals surface area contributed by atoms with Crippen LogP contribution in [-0.2, 0) is 0 Å². The summed E-state index contributed by atoms with van der Waals surface area (Å²) in [4.78, 5) is 11.6. The molecule has 16 heavy (non-hydrogen) atoms. The van der Waals surface area contributed by atoms with Crippen molar-refractivity contribution in [1.29, 1.82) is 0 Å². The zero-order valence-corrected chi connectivity index (χ0v) is 11.1. The number of halogens is 4. The van der Waals surface area contributed by atoms with Gasteiger partial charge in [0.05, 0.1) is 10.9 Å². The number of ether oxygens (including phenoxy) is 1. The molecule has 1 atom stereocenters. The second kappa shape index (κ2) is 5.77. The zero-order chi connectivity index (χ0) is 12.3. The summed E-state index contributed by atoms with van der Waals surface area (Å²) in [5.74, 6) is -0.576. The van der Waals surface area contributed by atoms with Gasteiger partial charge in [0, 0.05) is 3.57 Å². The second-order valence-electron chi connectivity index (χ2n) is 3.00. The molecule has 0 heterocycles. The highest BCUT2D eigenvalue weighted by atomic mass is 127. The molecule has 88 valence electrons. The first-order valence-electron chi connectivity index (χ1n) is 4.34. The molecule has 0 saturated heterocycles. The number of ketones is 1. The minimum absolute atomic E-state index is 0.0724. The summed E-state index contributed by atoms with van der Waals surface area (Å²) in [7, 11) is 0. The van der Waals surface area contributed by atoms with Crippen molar-refractivity contribution in [3.63, 3.8) is 0 Å². The van der Waals surface area contributed by atoms with Crippen LogP contribution in [0.15, 0.2) is 18.2 Å². The van der Waals surface area contributed by atoms with E-state index in [9.17, 15) is 13.6 Å². The van der Waals surface area contributed by atoms with Crippen LogP contribution < -0.4 is 4.74 Å². The second-order valence-corrected chi connectivity index (χ2v) is 4.90. The Hall–Kier alpha value is -0.430. The standard InChI is InChI=1S/C10H8ClF2IO2/c1-5(11)9(15)7-3-2-6(14)4-8(7)16-10(12)13/h2-5,10H,1H3. The molecule has 0 bridgehead atoms. The van der Waals surface area contributed by atoms with Crippen LogP contribution >= 0.6 is 34.2 Å². The third kappa shape index (κ3) is 3.55. The molecule has 0 radical (unpaired) electrons. The van der Waals surface area contributed by atoms with Crippen LogP contribution in [0.3, 0.4) is 0 Å². The summed E-state index contributed by atoms with van der Waals surface area (Å²) in [5.41, 5.74) is 0.0724. The van der Waals surface area contributed by atoms with E-state index in [1.54, 1.807) is 6.07 Å². The van der Waals surface area contributed by atoms with Crippen molar-refractivity contribution in [1.82, 2.24) is 0 Å². The smallest absolute Gasteiger partial charge is 0.387 e. The van der Waals surface area contributed by atoms with Gasteiger partial charge in [0.15, 0.2) is 5.78 Å². The van der Waals surface area contributed by atoms with Gasteiger partial charge in [-0.1, -0.05) is 0 Å². The number of hydrogen-bond donors (Lipinski definition) is 0. The van der Waals surface area contributed by atoms with Crippen LogP contribution in [-0.4, -0.2) is 17.8 Å². The van der Waals surface area contributed by atoms with Gasteiger partial charge in [0.25, 0.3) is 0 Å². The lowest BCUT2D eigenvalue weighted by molar-refractivity contribution is -0.0501. The Kier molecular flexibility index (Phi) is 4.91. The number of carbonyl (C=O) groups is 1. The first-order chi connectivity index (χ1) is 7.41. The van der Waals surface area contributed by atoms with Crippen LogP contribution in [0.2, 0.25) is 0 Å². The molecular weight excluding hydrogens is 352 g/mol. The number of alkyl halides is 3. The number of carbonyl (C=O) groups excluding carboxylic acids is 1. The van der Waals surface area contributed by atoms with Crippen molar-refractivity contribution in [2.45, 2.75) is 18.9 Å². The molecule has 1 aromatic rings. The van der Waals surface area contributed by atoms with E-state index in [0.717, 1.165) is 0 Å². The van der Waals surface area contributed by atoms with Crippen molar-refractivity contribution in [2.75, 3.05) is 0 Å². The third-order valence-electron chi connectivity index (χ3n) is 1.79. The lowest BCUT2D eigenvalue weighted by atomic mass is 10.1. The van der Waals surface area contributed by atoms with Crippen molar-refractivity contribution in [3.8, 4) is 5.75 Å². The van der Waals surface area contributed by atoms with E-state index >= 15 is 0 Å². The lowest BCUT2D eigenvalue weighted by Crippen LogP contribution is -2.14. The Morgan fingerprint density at radius 3 is 2.62 bits per heavy atom. The SMILES string of the molecule is CC(Cl)C(=O)c1ccc(I)cc1OC(F)F. The van der Waals surface area contributed by atoms with Gasteiger partial charge >= 0.3 is 6.61 Å². The Balaban J connectivity index is 3.12. The first kappa shape index (κ1) is 13.6. The largest absolute Gasteiger partial charge is 0.434 e. The molecule has 0 aliphatic carbocycles. The molecule has 0 amide bonds. The summed E-state index contributed by atoms with van der Waals surface area (Å²) in [5, 5.41) is -0.778. The summed E-state index contributed by atoms with van der Waals surface area (Å²) >= 11 is 7.56. The average molecular weight is 361 g/mol. The highest BCUT2D eigenvalue weighted by Gasteiger charge is 2.19. The van der Waals surface area contributed by atoms with Crippen LogP contribution in [0, 0.1) is 3.57 Å². The molecular formula is C10H8ClF2IO2. The monoisotopic (exact) mass is 360 g/mol. The molecule has 6 heteroatoms. The predicted octanol–water partition coefficient (Wildman–Crippen LogP) is 3.70. The molecule has 1 aromatic carbocycles. The van der Waals surface area contributed by atoms with Gasteiger partial charge in [0.1, 0.15) is 5.75 Å². The molecule has 0 fully saturated rings. The quantitative estimate of drug-likeness (QED) is 0.465. The maximum atomic E-state index is 12.1. The van der Waals surface area contributed by atoms with Gasteiger partial charge in [-0.05, 0) is 47.7 Å². The molecule has 0 aliphatic heterocycles. The Morgan fingerprint density at radius 2 is 2.12 bits per heavy atom. The van der Waals surface area contributed by atoms with Gasteiger partial charge in [-0.3, -0.25) is 4.79 Å². The van der Waals surface area contributed by atoms with E-state index in [2.05, 4.69) is 4.74 Å². The Labute approximate surface area is 110 Å². The number of rotatable bonds is 4. The topological polar surface area (TPSA) is 26.3 Å². The number of Topliss-reactive ketones (excluding diaryl/α,β-unsaturated/α-hetero) is 1. The maximum Gasteiger partial charge on any atom is 0.387 e. The van der Waals surface area contributed by atoms with E-state index in [4.69, 9.17) is 11.6 Å². The first-order valence-corrected chi connectivity index (χ1v) is 5.86. The molecule has 2 nitrogen and oxygen atoms in total. The number of benzene rings is 1. The van der Waals surface area contributed by atoms with Crippen LogP contribution in [0.25, 0.3) is 0 Å². The summed E-state index contributed by atoms with van der Waals surface area (Å²) in [6.07, 6.45) is 0. The van der Waals surface area contributed by atoms with Gasteiger partial charge < -0.3 is 4.74 Å². The molecule has 0 spiro atoms. The highest BCUT2D eigenvalue weighted by Crippen LogP contribution is 2.25. The van der Waals surface area contributed by atoms with Gasteiger partial charge in [-0.2, -0.15) is 8.78 Å². The normalized spacial score (nSPS) is 12.6. The van der Waals surface area contributed by atoms with E-state index in [1.165, 1.54) is 19.1 Å². The zero-order valence-electron chi connectivity index (χ0n) is 8.22. The maximum absolute atomic E-state index is 12.1. The Bertz CT molecular complexity index is 396. The Morgan fingerprint density at radius 1 is 1.50 bits per heavy atom. The minimum atomic E-state index is -2.96. The average Bonchev–Trinajstić information content (AvgIpc) is 2.15. The molecule has 0 aromatic heterocycles. The third-order valence-corrected chi connectivity index (χ3v) is 2.66.